The molecule has 1 aromatic heterocycles. The standard InChI is InChI=1S/C12H10BrCl2NO2/c13-9-3-11(15)12(4-10(9)14)17-6-8-2-1-7(5-16)18-8/h1-4H,5-6,16H2. The minimum absolute atomic E-state index is 0.275. The van der Waals surface area contributed by atoms with Crippen LogP contribution in [0, 0.1) is 0 Å². The van der Waals surface area contributed by atoms with Crippen LogP contribution >= 0.6 is 39.1 Å². The quantitative estimate of drug-likeness (QED) is 0.832. The molecule has 0 aliphatic rings. The molecule has 2 N–H and O–H groups in total. The molecule has 0 amide bonds. The van der Waals surface area contributed by atoms with Gasteiger partial charge in [-0.1, -0.05) is 23.2 Å². The molecule has 2 aromatic rings. The van der Waals surface area contributed by atoms with Crippen LogP contribution in [0.3, 0.4) is 0 Å². The Kier molecular flexibility index (Phi) is 4.56. The summed E-state index contributed by atoms with van der Waals surface area (Å²) in [5.74, 6) is 1.91. The fourth-order valence-electron chi connectivity index (χ4n) is 1.37. The Morgan fingerprint density at radius 1 is 1.17 bits per heavy atom. The predicted molar refractivity (Wildman–Crippen MR) is 75.1 cm³/mol. The normalized spacial score (nSPS) is 10.7. The molecule has 18 heavy (non-hydrogen) atoms. The lowest BCUT2D eigenvalue weighted by Gasteiger charge is -2.08. The van der Waals surface area contributed by atoms with E-state index in [1.165, 1.54) is 0 Å². The summed E-state index contributed by atoms with van der Waals surface area (Å²) in [7, 11) is 0. The van der Waals surface area contributed by atoms with Crippen molar-refractivity contribution < 1.29 is 9.15 Å². The van der Waals surface area contributed by atoms with Gasteiger partial charge in [0.15, 0.2) is 0 Å². The van der Waals surface area contributed by atoms with Crippen molar-refractivity contribution in [2.75, 3.05) is 0 Å². The maximum absolute atomic E-state index is 6.04. The van der Waals surface area contributed by atoms with Gasteiger partial charge in [0.2, 0.25) is 0 Å². The summed E-state index contributed by atoms with van der Waals surface area (Å²) in [4.78, 5) is 0. The van der Waals surface area contributed by atoms with Gasteiger partial charge in [-0.15, -0.1) is 0 Å². The molecule has 0 radical (unpaired) electrons. The zero-order valence-electron chi connectivity index (χ0n) is 9.25. The molecule has 0 aliphatic heterocycles. The highest BCUT2D eigenvalue weighted by Gasteiger charge is 2.08. The van der Waals surface area contributed by atoms with E-state index < -0.39 is 0 Å². The average molecular weight is 351 g/mol. The molecule has 3 nitrogen and oxygen atoms in total. The second kappa shape index (κ2) is 5.97. The van der Waals surface area contributed by atoms with E-state index in [4.69, 9.17) is 38.1 Å². The molecule has 96 valence electrons. The SMILES string of the molecule is NCc1ccc(COc2cc(Cl)c(Br)cc2Cl)o1. The van der Waals surface area contributed by atoms with Crippen molar-refractivity contribution in [3.63, 3.8) is 0 Å². The van der Waals surface area contributed by atoms with E-state index >= 15 is 0 Å². The number of hydrogen-bond donors (Lipinski definition) is 1. The van der Waals surface area contributed by atoms with Gasteiger partial charge in [-0.05, 0) is 34.1 Å². The first kappa shape index (κ1) is 13.7. The second-order valence-electron chi connectivity index (χ2n) is 3.56. The lowest BCUT2D eigenvalue weighted by Crippen LogP contribution is -1.96. The van der Waals surface area contributed by atoms with Crippen LogP contribution in [0.1, 0.15) is 11.5 Å². The van der Waals surface area contributed by atoms with Gasteiger partial charge >= 0.3 is 0 Å². The van der Waals surface area contributed by atoms with Crippen LogP contribution in [0.2, 0.25) is 10.0 Å². The van der Waals surface area contributed by atoms with Gasteiger partial charge in [-0.25, -0.2) is 0 Å². The molecule has 0 fully saturated rings. The van der Waals surface area contributed by atoms with Crippen LogP contribution in [0.5, 0.6) is 5.75 Å². The summed E-state index contributed by atoms with van der Waals surface area (Å²) < 4.78 is 11.7. The Labute approximate surface area is 123 Å². The molecule has 6 heteroatoms. The zero-order chi connectivity index (χ0) is 13.1. The fraction of sp³-hybridized carbons (Fsp3) is 0.167. The van der Waals surface area contributed by atoms with Gasteiger partial charge < -0.3 is 14.9 Å². The van der Waals surface area contributed by atoms with Gasteiger partial charge in [0, 0.05) is 10.5 Å². The van der Waals surface area contributed by atoms with Crippen LogP contribution in [0.15, 0.2) is 33.2 Å². The highest BCUT2D eigenvalue weighted by atomic mass is 79.9. The molecule has 1 heterocycles. The van der Waals surface area contributed by atoms with E-state index in [9.17, 15) is 0 Å². The molecule has 0 atom stereocenters. The number of ether oxygens (including phenoxy) is 1. The smallest absolute Gasteiger partial charge is 0.146 e. The Balaban J connectivity index is 2.08. The molecule has 0 bridgehead atoms. The first-order chi connectivity index (χ1) is 8.60. The van der Waals surface area contributed by atoms with Crippen molar-refractivity contribution in [1.82, 2.24) is 0 Å². The van der Waals surface area contributed by atoms with Crippen LogP contribution < -0.4 is 10.5 Å². The number of halogens is 3. The second-order valence-corrected chi connectivity index (χ2v) is 5.23. The van der Waals surface area contributed by atoms with E-state index in [0.29, 0.717) is 33.9 Å². The van der Waals surface area contributed by atoms with E-state index in [1.807, 2.05) is 12.1 Å². The fourth-order valence-corrected chi connectivity index (χ4v) is 2.22. The number of benzene rings is 1. The van der Waals surface area contributed by atoms with Crippen molar-refractivity contribution in [3.05, 3.63) is 50.3 Å². The van der Waals surface area contributed by atoms with Crippen molar-refractivity contribution in [1.29, 1.82) is 0 Å². The molecule has 0 saturated heterocycles. The van der Waals surface area contributed by atoms with Crippen molar-refractivity contribution >= 4 is 39.1 Å². The van der Waals surface area contributed by atoms with Gasteiger partial charge in [0.1, 0.15) is 23.9 Å². The summed E-state index contributed by atoms with van der Waals surface area (Å²) in [6.45, 7) is 0.641. The van der Waals surface area contributed by atoms with E-state index in [0.717, 1.165) is 4.47 Å². The number of furan rings is 1. The maximum atomic E-state index is 6.04. The Hall–Kier alpha value is -0.680. The molecule has 2 rings (SSSR count). The van der Waals surface area contributed by atoms with Crippen LogP contribution in [-0.2, 0) is 13.2 Å². The molecule has 0 saturated carbocycles. The number of rotatable bonds is 4. The average Bonchev–Trinajstić information content (AvgIpc) is 2.80. The first-order valence-electron chi connectivity index (χ1n) is 5.15. The Morgan fingerprint density at radius 3 is 2.56 bits per heavy atom. The predicted octanol–water partition coefficient (Wildman–Crippen LogP) is 4.39. The largest absolute Gasteiger partial charge is 0.484 e. The third-order valence-corrected chi connectivity index (χ3v) is 3.76. The van der Waals surface area contributed by atoms with Gasteiger partial charge in [0.05, 0.1) is 16.6 Å². The lowest BCUT2D eigenvalue weighted by molar-refractivity contribution is 0.266. The number of hydrogen-bond acceptors (Lipinski definition) is 3. The van der Waals surface area contributed by atoms with Crippen LogP contribution in [0.4, 0.5) is 0 Å². The molecule has 1 aromatic carbocycles. The summed E-state index contributed by atoms with van der Waals surface area (Å²) in [5, 5.41) is 1.02. The summed E-state index contributed by atoms with van der Waals surface area (Å²) in [6.07, 6.45) is 0. The van der Waals surface area contributed by atoms with E-state index in [-0.39, 0.29) is 6.61 Å². The third-order valence-electron chi connectivity index (χ3n) is 2.26. The first-order valence-corrected chi connectivity index (χ1v) is 6.70. The molecular weight excluding hydrogens is 341 g/mol. The van der Waals surface area contributed by atoms with Gasteiger partial charge in [-0.2, -0.15) is 0 Å². The molecular formula is C12H10BrCl2NO2. The molecule has 0 unspecified atom stereocenters. The zero-order valence-corrected chi connectivity index (χ0v) is 12.3. The van der Waals surface area contributed by atoms with Crippen molar-refractivity contribution in [2.45, 2.75) is 13.2 Å². The Bertz CT molecular complexity index is 557. The highest BCUT2D eigenvalue weighted by Crippen LogP contribution is 2.34. The minimum Gasteiger partial charge on any atom is -0.484 e. The molecule has 0 spiro atoms. The Morgan fingerprint density at radius 2 is 1.89 bits per heavy atom. The monoisotopic (exact) mass is 349 g/mol. The summed E-state index contributed by atoms with van der Waals surface area (Å²) in [5.41, 5.74) is 5.45. The van der Waals surface area contributed by atoms with E-state index in [2.05, 4.69) is 15.9 Å². The van der Waals surface area contributed by atoms with Crippen LogP contribution in [0.25, 0.3) is 0 Å². The van der Waals surface area contributed by atoms with Gasteiger partial charge in [-0.3, -0.25) is 0 Å². The third kappa shape index (κ3) is 3.20. The summed E-state index contributed by atoms with van der Waals surface area (Å²) >= 11 is 15.3. The van der Waals surface area contributed by atoms with Gasteiger partial charge in [0.25, 0.3) is 0 Å². The number of nitrogens with two attached hydrogens (primary N) is 1. The maximum Gasteiger partial charge on any atom is 0.146 e. The van der Waals surface area contributed by atoms with E-state index in [1.54, 1.807) is 12.1 Å². The topological polar surface area (TPSA) is 48.4 Å². The highest BCUT2D eigenvalue weighted by molar-refractivity contribution is 9.10. The summed E-state index contributed by atoms with van der Waals surface area (Å²) in [6, 6.07) is 6.97. The van der Waals surface area contributed by atoms with Crippen molar-refractivity contribution in [2.24, 2.45) is 5.73 Å². The molecule has 0 aliphatic carbocycles. The lowest BCUT2D eigenvalue weighted by atomic mass is 10.3. The van der Waals surface area contributed by atoms with Crippen molar-refractivity contribution in [3.8, 4) is 5.75 Å². The minimum atomic E-state index is 0.275. The van der Waals surface area contributed by atoms with Crippen LogP contribution in [-0.4, -0.2) is 0 Å².